The Labute approximate surface area is 119 Å². The first kappa shape index (κ1) is 14.6. The number of sulfonamides is 1. The van der Waals surface area contributed by atoms with E-state index < -0.39 is 10.0 Å². The number of nitrogens with one attached hydrogen (secondary N) is 1. The van der Waals surface area contributed by atoms with Gasteiger partial charge in [0.1, 0.15) is 12.4 Å². The standard InChI is InChI=1S/C15H17NO3S/c1-13-7-9-15(10-8-13)20(17,18)16-11-12-19-14-5-3-2-4-6-14/h2-10,16H,11-12H2,1H3. The van der Waals surface area contributed by atoms with Gasteiger partial charge in [0, 0.05) is 6.54 Å². The smallest absolute Gasteiger partial charge is 0.240 e. The van der Waals surface area contributed by atoms with Gasteiger partial charge in [0.25, 0.3) is 0 Å². The Kier molecular flexibility index (Phi) is 4.76. The summed E-state index contributed by atoms with van der Waals surface area (Å²) in [6.07, 6.45) is 0. The second kappa shape index (κ2) is 6.54. The first-order valence-corrected chi connectivity index (χ1v) is 7.80. The molecule has 106 valence electrons. The Bertz CT molecular complexity index is 637. The molecule has 0 bridgehead atoms. The molecule has 0 radical (unpaired) electrons. The van der Waals surface area contributed by atoms with Crippen LogP contribution < -0.4 is 9.46 Å². The fourth-order valence-electron chi connectivity index (χ4n) is 1.66. The van der Waals surface area contributed by atoms with E-state index in [4.69, 9.17) is 4.74 Å². The van der Waals surface area contributed by atoms with Crippen molar-refractivity contribution in [1.29, 1.82) is 0 Å². The molecule has 0 aliphatic heterocycles. The van der Waals surface area contributed by atoms with E-state index in [1.54, 1.807) is 24.3 Å². The van der Waals surface area contributed by atoms with Gasteiger partial charge in [-0.1, -0.05) is 35.9 Å². The van der Waals surface area contributed by atoms with E-state index in [1.165, 1.54) is 0 Å². The molecule has 2 aromatic rings. The molecule has 1 N–H and O–H groups in total. The van der Waals surface area contributed by atoms with E-state index in [0.29, 0.717) is 0 Å². The van der Waals surface area contributed by atoms with Crippen molar-refractivity contribution in [3.63, 3.8) is 0 Å². The Morgan fingerprint density at radius 3 is 2.30 bits per heavy atom. The molecule has 4 nitrogen and oxygen atoms in total. The summed E-state index contributed by atoms with van der Waals surface area (Å²) in [5.41, 5.74) is 1.02. The van der Waals surface area contributed by atoms with Gasteiger partial charge < -0.3 is 4.74 Å². The van der Waals surface area contributed by atoms with Crippen molar-refractivity contribution in [3.05, 3.63) is 60.2 Å². The van der Waals surface area contributed by atoms with Crippen LogP contribution in [0.2, 0.25) is 0 Å². The van der Waals surface area contributed by atoms with Gasteiger partial charge in [-0.2, -0.15) is 0 Å². The van der Waals surface area contributed by atoms with Crippen molar-refractivity contribution in [2.45, 2.75) is 11.8 Å². The Hall–Kier alpha value is -1.85. The van der Waals surface area contributed by atoms with Crippen molar-refractivity contribution < 1.29 is 13.2 Å². The maximum atomic E-state index is 12.0. The van der Waals surface area contributed by atoms with Gasteiger partial charge in [-0.15, -0.1) is 0 Å². The fraction of sp³-hybridized carbons (Fsp3) is 0.200. The molecule has 0 aromatic heterocycles. The SMILES string of the molecule is Cc1ccc(S(=O)(=O)NCCOc2ccccc2)cc1. The average molecular weight is 291 g/mol. The Morgan fingerprint density at radius 2 is 1.65 bits per heavy atom. The molecule has 0 atom stereocenters. The second-order valence-corrected chi connectivity index (χ2v) is 6.14. The van der Waals surface area contributed by atoms with Crippen LogP contribution in [0.1, 0.15) is 5.56 Å². The molecule has 0 aliphatic rings. The molecule has 0 fully saturated rings. The van der Waals surface area contributed by atoms with Crippen LogP contribution in [0.3, 0.4) is 0 Å². The number of aryl methyl sites for hydroxylation is 1. The van der Waals surface area contributed by atoms with E-state index in [9.17, 15) is 8.42 Å². The van der Waals surface area contributed by atoms with E-state index in [1.807, 2.05) is 37.3 Å². The lowest BCUT2D eigenvalue weighted by atomic mass is 10.2. The Balaban J connectivity index is 1.85. The molecule has 5 heteroatoms. The Morgan fingerprint density at radius 1 is 1.00 bits per heavy atom. The molecule has 2 aromatic carbocycles. The van der Waals surface area contributed by atoms with Gasteiger partial charge in [0.15, 0.2) is 0 Å². The molecule has 0 unspecified atom stereocenters. The van der Waals surface area contributed by atoms with Crippen LogP contribution in [-0.2, 0) is 10.0 Å². The molecule has 0 spiro atoms. The van der Waals surface area contributed by atoms with Gasteiger partial charge in [0.05, 0.1) is 4.90 Å². The number of benzene rings is 2. The monoisotopic (exact) mass is 291 g/mol. The number of ether oxygens (including phenoxy) is 1. The summed E-state index contributed by atoms with van der Waals surface area (Å²) in [6, 6.07) is 16.0. The zero-order chi connectivity index (χ0) is 14.4. The second-order valence-electron chi connectivity index (χ2n) is 4.37. The van der Waals surface area contributed by atoms with Crippen LogP contribution in [0, 0.1) is 6.92 Å². The molecule has 0 amide bonds. The van der Waals surface area contributed by atoms with Crippen LogP contribution in [0.4, 0.5) is 0 Å². The summed E-state index contributed by atoms with van der Waals surface area (Å²) in [6.45, 7) is 2.43. The van der Waals surface area contributed by atoms with Gasteiger partial charge >= 0.3 is 0 Å². The zero-order valence-electron chi connectivity index (χ0n) is 11.2. The summed E-state index contributed by atoms with van der Waals surface area (Å²) in [5.74, 6) is 0.724. The quantitative estimate of drug-likeness (QED) is 0.831. The first-order valence-electron chi connectivity index (χ1n) is 6.32. The lowest BCUT2D eigenvalue weighted by Crippen LogP contribution is -2.28. The minimum atomic E-state index is -3.46. The maximum absolute atomic E-state index is 12.0. The molecule has 0 aliphatic carbocycles. The van der Waals surface area contributed by atoms with Crippen LogP contribution in [-0.4, -0.2) is 21.6 Å². The summed E-state index contributed by atoms with van der Waals surface area (Å²) >= 11 is 0. The largest absolute Gasteiger partial charge is 0.492 e. The molecule has 20 heavy (non-hydrogen) atoms. The summed E-state index contributed by atoms with van der Waals surface area (Å²) in [7, 11) is -3.46. The average Bonchev–Trinajstić information content (AvgIpc) is 2.45. The van der Waals surface area contributed by atoms with Crippen molar-refractivity contribution >= 4 is 10.0 Å². The molecule has 0 heterocycles. The van der Waals surface area contributed by atoms with E-state index in [0.717, 1.165) is 11.3 Å². The van der Waals surface area contributed by atoms with Crippen molar-refractivity contribution in [2.24, 2.45) is 0 Å². The summed E-state index contributed by atoms with van der Waals surface area (Å²) < 4.78 is 31.9. The molecule has 0 saturated heterocycles. The highest BCUT2D eigenvalue weighted by Crippen LogP contribution is 2.10. The highest BCUT2D eigenvalue weighted by Gasteiger charge is 2.12. The molecule has 2 rings (SSSR count). The number of hydrogen-bond acceptors (Lipinski definition) is 3. The van der Waals surface area contributed by atoms with Crippen molar-refractivity contribution in [3.8, 4) is 5.75 Å². The van der Waals surface area contributed by atoms with Gasteiger partial charge in [-0.25, -0.2) is 13.1 Å². The van der Waals surface area contributed by atoms with Gasteiger partial charge in [-0.05, 0) is 31.2 Å². The summed E-state index contributed by atoms with van der Waals surface area (Å²) in [4.78, 5) is 0.266. The van der Waals surface area contributed by atoms with Crippen molar-refractivity contribution in [2.75, 3.05) is 13.2 Å². The molecular formula is C15H17NO3S. The topological polar surface area (TPSA) is 55.4 Å². The highest BCUT2D eigenvalue weighted by atomic mass is 32.2. The number of hydrogen-bond donors (Lipinski definition) is 1. The lowest BCUT2D eigenvalue weighted by Gasteiger charge is -2.08. The first-order chi connectivity index (χ1) is 9.58. The zero-order valence-corrected chi connectivity index (χ0v) is 12.1. The van der Waals surface area contributed by atoms with Crippen LogP contribution in [0.15, 0.2) is 59.5 Å². The summed E-state index contributed by atoms with van der Waals surface area (Å²) in [5, 5.41) is 0. The number of rotatable bonds is 6. The highest BCUT2D eigenvalue weighted by molar-refractivity contribution is 7.89. The molecular weight excluding hydrogens is 274 g/mol. The third kappa shape index (κ3) is 4.08. The lowest BCUT2D eigenvalue weighted by molar-refractivity contribution is 0.323. The van der Waals surface area contributed by atoms with E-state index in [2.05, 4.69) is 4.72 Å². The fourth-order valence-corrected chi connectivity index (χ4v) is 2.68. The third-order valence-electron chi connectivity index (χ3n) is 2.74. The van der Waals surface area contributed by atoms with Crippen LogP contribution in [0.5, 0.6) is 5.75 Å². The number of para-hydroxylation sites is 1. The predicted octanol–water partition coefficient (Wildman–Crippen LogP) is 2.35. The normalized spacial score (nSPS) is 11.2. The minimum absolute atomic E-state index is 0.227. The van der Waals surface area contributed by atoms with Gasteiger partial charge in [-0.3, -0.25) is 0 Å². The maximum Gasteiger partial charge on any atom is 0.240 e. The van der Waals surface area contributed by atoms with E-state index >= 15 is 0 Å². The van der Waals surface area contributed by atoms with Crippen molar-refractivity contribution in [1.82, 2.24) is 4.72 Å². The third-order valence-corrected chi connectivity index (χ3v) is 4.21. The predicted molar refractivity (Wildman–Crippen MR) is 78.3 cm³/mol. The van der Waals surface area contributed by atoms with Crippen LogP contribution >= 0.6 is 0 Å². The van der Waals surface area contributed by atoms with E-state index in [-0.39, 0.29) is 18.0 Å². The molecule has 0 saturated carbocycles. The minimum Gasteiger partial charge on any atom is -0.492 e. The van der Waals surface area contributed by atoms with Gasteiger partial charge in [0.2, 0.25) is 10.0 Å². The van der Waals surface area contributed by atoms with Crippen LogP contribution in [0.25, 0.3) is 0 Å².